The van der Waals surface area contributed by atoms with Crippen molar-refractivity contribution in [1.29, 1.82) is 0 Å². The van der Waals surface area contributed by atoms with Crippen LogP contribution >= 0.6 is 0 Å². The zero-order chi connectivity index (χ0) is 18.8. The fourth-order valence-electron chi connectivity index (χ4n) is 3.10. The third kappa shape index (κ3) is 4.00. The highest BCUT2D eigenvalue weighted by atomic mass is 19.1. The quantitative estimate of drug-likeness (QED) is 0.628. The van der Waals surface area contributed by atoms with Gasteiger partial charge in [0.1, 0.15) is 11.9 Å². The van der Waals surface area contributed by atoms with Crippen LogP contribution in [0.25, 0.3) is 10.9 Å². The number of benzene rings is 2. The molecule has 5 nitrogen and oxygen atoms in total. The molecule has 6 heteroatoms. The van der Waals surface area contributed by atoms with E-state index in [1.54, 1.807) is 0 Å². The third-order valence-corrected chi connectivity index (χ3v) is 4.75. The van der Waals surface area contributed by atoms with Crippen molar-refractivity contribution in [1.82, 2.24) is 15.6 Å². The van der Waals surface area contributed by atoms with Gasteiger partial charge in [0.15, 0.2) is 0 Å². The molecule has 1 saturated carbocycles. The van der Waals surface area contributed by atoms with E-state index >= 15 is 0 Å². The van der Waals surface area contributed by atoms with Crippen molar-refractivity contribution >= 4 is 22.7 Å². The van der Waals surface area contributed by atoms with Crippen molar-refractivity contribution in [2.75, 3.05) is 0 Å². The molecule has 3 aromatic rings. The Kier molecular flexibility index (Phi) is 4.62. The van der Waals surface area contributed by atoms with Gasteiger partial charge >= 0.3 is 0 Å². The Morgan fingerprint density at radius 1 is 1.11 bits per heavy atom. The Balaban J connectivity index is 1.55. The molecular weight excluding hydrogens is 345 g/mol. The van der Waals surface area contributed by atoms with Crippen LogP contribution in [-0.2, 0) is 11.2 Å². The molecule has 0 unspecified atom stereocenters. The molecule has 1 aromatic heterocycles. The highest BCUT2D eigenvalue weighted by Gasteiger charge is 2.29. The molecule has 0 radical (unpaired) electrons. The summed E-state index contributed by atoms with van der Waals surface area (Å²) in [5.41, 5.74) is 2.26. The summed E-state index contributed by atoms with van der Waals surface area (Å²) in [4.78, 5) is 28.4. The molecule has 0 spiro atoms. The predicted molar refractivity (Wildman–Crippen MR) is 101 cm³/mol. The molecule has 1 heterocycles. The maximum atomic E-state index is 13.1. The topological polar surface area (TPSA) is 74.0 Å². The van der Waals surface area contributed by atoms with Crippen LogP contribution in [0.2, 0.25) is 0 Å². The smallest absolute Gasteiger partial charge is 0.251 e. The Labute approximate surface area is 156 Å². The summed E-state index contributed by atoms with van der Waals surface area (Å²) in [7, 11) is 0. The molecule has 1 aliphatic rings. The minimum absolute atomic E-state index is 0.196. The van der Waals surface area contributed by atoms with Crippen molar-refractivity contribution in [3.63, 3.8) is 0 Å². The third-order valence-electron chi connectivity index (χ3n) is 4.75. The van der Waals surface area contributed by atoms with Gasteiger partial charge < -0.3 is 15.6 Å². The number of carbonyl (C=O) groups excluding carboxylic acids is 2. The highest BCUT2D eigenvalue weighted by Crippen LogP contribution is 2.21. The second kappa shape index (κ2) is 7.23. The normalized spacial score (nSPS) is 14.7. The monoisotopic (exact) mass is 365 g/mol. The van der Waals surface area contributed by atoms with E-state index in [-0.39, 0.29) is 11.9 Å². The molecule has 2 aromatic carbocycles. The van der Waals surface area contributed by atoms with E-state index < -0.39 is 17.8 Å². The van der Waals surface area contributed by atoms with Crippen molar-refractivity contribution in [3.05, 3.63) is 71.7 Å². The van der Waals surface area contributed by atoms with Gasteiger partial charge in [-0.25, -0.2) is 4.39 Å². The van der Waals surface area contributed by atoms with Crippen LogP contribution in [0.15, 0.2) is 54.7 Å². The Morgan fingerprint density at radius 2 is 1.85 bits per heavy atom. The molecule has 0 bridgehead atoms. The largest absolute Gasteiger partial charge is 0.361 e. The summed E-state index contributed by atoms with van der Waals surface area (Å²) in [5.74, 6) is -1.00. The van der Waals surface area contributed by atoms with E-state index in [1.807, 2.05) is 30.5 Å². The summed E-state index contributed by atoms with van der Waals surface area (Å²) in [6, 6.07) is 12.6. The lowest BCUT2D eigenvalue weighted by atomic mass is 10.0. The number of rotatable bonds is 6. The van der Waals surface area contributed by atoms with Crippen LogP contribution in [0, 0.1) is 5.82 Å². The number of hydrogen-bond acceptors (Lipinski definition) is 2. The first-order valence-electron chi connectivity index (χ1n) is 9.02. The number of amides is 2. The number of aromatic nitrogens is 1. The van der Waals surface area contributed by atoms with Gasteiger partial charge in [0, 0.05) is 35.1 Å². The van der Waals surface area contributed by atoms with Crippen LogP contribution in [0.5, 0.6) is 0 Å². The van der Waals surface area contributed by atoms with E-state index in [4.69, 9.17) is 0 Å². The van der Waals surface area contributed by atoms with Crippen LogP contribution in [0.4, 0.5) is 4.39 Å². The van der Waals surface area contributed by atoms with Gasteiger partial charge in [0.25, 0.3) is 5.91 Å². The predicted octanol–water partition coefficient (Wildman–Crippen LogP) is 2.93. The number of hydrogen-bond donors (Lipinski definition) is 3. The SMILES string of the molecule is O=C(N[C@H](Cc1c[nH]c2ccccc12)C(=O)NC1CC1)c1ccc(F)cc1. The summed E-state index contributed by atoms with van der Waals surface area (Å²) >= 11 is 0. The maximum absolute atomic E-state index is 13.1. The molecular formula is C21H20FN3O2. The van der Waals surface area contributed by atoms with E-state index in [1.165, 1.54) is 24.3 Å². The Hall–Kier alpha value is -3.15. The number of para-hydroxylation sites is 1. The molecule has 138 valence electrons. The number of nitrogens with one attached hydrogen (secondary N) is 3. The average Bonchev–Trinajstić information content (AvgIpc) is 3.40. The van der Waals surface area contributed by atoms with E-state index in [9.17, 15) is 14.0 Å². The minimum atomic E-state index is -0.706. The molecule has 1 aliphatic carbocycles. The van der Waals surface area contributed by atoms with Crippen LogP contribution < -0.4 is 10.6 Å². The lowest BCUT2D eigenvalue weighted by Gasteiger charge is -2.18. The second-order valence-corrected chi connectivity index (χ2v) is 6.88. The van der Waals surface area contributed by atoms with Gasteiger partial charge in [0.05, 0.1) is 0 Å². The Bertz CT molecular complexity index is 977. The number of halogens is 1. The summed E-state index contributed by atoms with van der Waals surface area (Å²) < 4.78 is 13.1. The average molecular weight is 365 g/mol. The molecule has 2 amide bonds. The molecule has 1 fully saturated rings. The lowest BCUT2D eigenvalue weighted by molar-refractivity contribution is -0.123. The maximum Gasteiger partial charge on any atom is 0.251 e. The van der Waals surface area contributed by atoms with Crippen LogP contribution in [0.1, 0.15) is 28.8 Å². The first kappa shape index (κ1) is 17.3. The lowest BCUT2D eigenvalue weighted by Crippen LogP contribution is -2.48. The standard InChI is InChI=1S/C21H20FN3O2/c22-15-7-5-13(6-8-15)20(26)25-19(21(27)24-16-9-10-16)11-14-12-23-18-4-2-1-3-17(14)18/h1-8,12,16,19,23H,9-11H2,(H,24,27)(H,25,26)/t19-/m1/s1. The molecule has 0 saturated heterocycles. The first-order valence-corrected chi connectivity index (χ1v) is 9.02. The van der Waals surface area contributed by atoms with Gasteiger partial charge in [-0.1, -0.05) is 18.2 Å². The van der Waals surface area contributed by atoms with Crippen LogP contribution in [-0.4, -0.2) is 28.9 Å². The number of fused-ring (bicyclic) bond motifs is 1. The molecule has 1 atom stereocenters. The zero-order valence-electron chi connectivity index (χ0n) is 14.7. The highest BCUT2D eigenvalue weighted by molar-refractivity contribution is 5.98. The summed E-state index contributed by atoms with van der Waals surface area (Å²) in [5, 5.41) is 6.78. The molecule has 27 heavy (non-hydrogen) atoms. The minimum Gasteiger partial charge on any atom is -0.361 e. The van der Waals surface area contributed by atoms with Gasteiger partial charge in [-0.2, -0.15) is 0 Å². The summed E-state index contributed by atoms with van der Waals surface area (Å²) in [6.07, 6.45) is 4.18. The van der Waals surface area contributed by atoms with Crippen molar-refractivity contribution in [2.45, 2.75) is 31.3 Å². The number of carbonyl (C=O) groups is 2. The van der Waals surface area contributed by atoms with Gasteiger partial charge in [-0.3, -0.25) is 9.59 Å². The van der Waals surface area contributed by atoms with Gasteiger partial charge in [0.2, 0.25) is 5.91 Å². The van der Waals surface area contributed by atoms with Crippen molar-refractivity contribution < 1.29 is 14.0 Å². The second-order valence-electron chi connectivity index (χ2n) is 6.88. The molecule has 4 rings (SSSR count). The van der Waals surface area contributed by atoms with E-state index in [0.29, 0.717) is 12.0 Å². The van der Waals surface area contributed by atoms with Crippen LogP contribution in [0.3, 0.4) is 0 Å². The first-order chi connectivity index (χ1) is 13.1. The van der Waals surface area contributed by atoms with Crippen molar-refractivity contribution in [2.24, 2.45) is 0 Å². The van der Waals surface area contributed by atoms with Gasteiger partial charge in [-0.05, 0) is 48.7 Å². The molecule has 3 N–H and O–H groups in total. The number of aromatic amines is 1. The van der Waals surface area contributed by atoms with E-state index in [0.717, 1.165) is 29.3 Å². The Morgan fingerprint density at radius 3 is 2.59 bits per heavy atom. The fourth-order valence-corrected chi connectivity index (χ4v) is 3.10. The summed E-state index contributed by atoms with van der Waals surface area (Å²) in [6.45, 7) is 0. The zero-order valence-corrected chi connectivity index (χ0v) is 14.7. The van der Waals surface area contributed by atoms with E-state index in [2.05, 4.69) is 15.6 Å². The number of H-pyrrole nitrogens is 1. The fraction of sp³-hybridized carbons (Fsp3) is 0.238. The van der Waals surface area contributed by atoms with Gasteiger partial charge in [-0.15, -0.1) is 0 Å². The van der Waals surface area contributed by atoms with Crippen molar-refractivity contribution in [3.8, 4) is 0 Å². The molecule has 0 aliphatic heterocycles.